The minimum Gasteiger partial charge on any atom is -0.377 e. The molecule has 1 atom stereocenters. The molecule has 1 heteroatoms. The quantitative estimate of drug-likeness (QED) is 0.622. The molecule has 1 heterocycles. The van der Waals surface area contributed by atoms with Crippen LogP contribution in [0, 0.1) is 0 Å². The lowest BCUT2D eigenvalue weighted by atomic mass is 9.86. The number of fused-ring (bicyclic) bond motifs is 6. The van der Waals surface area contributed by atoms with Gasteiger partial charge in [-0.05, 0) is 46.0 Å². The summed E-state index contributed by atoms with van der Waals surface area (Å²) in [5.74, 6) is 0. The second-order valence-corrected chi connectivity index (χ2v) is 5.91. The Morgan fingerprint density at radius 3 is 2.71 bits per heavy atom. The smallest absolute Gasteiger partial charge is 0.0561 e. The van der Waals surface area contributed by atoms with Gasteiger partial charge in [0.2, 0.25) is 0 Å². The largest absolute Gasteiger partial charge is 0.377 e. The number of benzene rings is 3. The van der Waals surface area contributed by atoms with E-state index in [1.807, 2.05) is 0 Å². The molecule has 1 aliphatic heterocycles. The summed E-state index contributed by atoms with van der Waals surface area (Å²) in [5.41, 5.74) is 6.92. The highest BCUT2D eigenvalue weighted by Crippen LogP contribution is 2.44. The van der Waals surface area contributed by atoms with E-state index in [0.717, 1.165) is 6.42 Å². The van der Waals surface area contributed by atoms with Gasteiger partial charge in [-0.25, -0.2) is 0 Å². The fourth-order valence-electron chi connectivity index (χ4n) is 3.72. The number of hydrogen-bond acceptors (Lipinski definition) is 1. The molecule has 1 nitrogen and oxygen atoms in total. The first-order valence-electron chi connectivity index (χ1n) is 7.48. The third-order valence-electron chi connectivity index (χ3n) is 4.71. The van der Waals surface area contributed by atoms with Gasteiger partial charge in [-0.1, -0.05) is 54.6 Å². The average molecular weight is 269 g/mol. The monoisotopic (exact) mass is 269 g/mol. The summed E-state index contributed by atoms with van der Waals surface area (Å²) >= 11 is 0. The van der Waals surface area contributed by atoms with Gasteiger partial charge in [-0.15, -0.1) is 0 Å². The maximum Gasteiger partial charge on any atom is 0.0561 e. The summed E-state index contributed by atoms with van der Waals surface area (Å²) < 4.78 is 0. The average Bonchev–Trinajstić information content (AvgIpc) is 2.90. The molecule has 0 saturated heterocycles. The van der Waals surface area contributed by atoms with Crippen LogP contribution in [0.4, 0.5) is 5.69 Å². The number of hydrogen-bond donors (Lipinski definition) is 1. The first kappa shape index (κ1) is 11.2. The summed E-state index contributed by atoms with van der Waals surface area (Å²) in [6.45, 7) is 0. The van der Waals surface area contributed by atoms with E-state index in [1.54, 1.807) is 0 Å². The van der Waals surface area contributed by atoms with Gasteiger partial charge in [0.25, 0.3) is 0 Å². The highest BCUT2D eigenvalue weighted by atomic mass is 15.0. The van der Waals surface area contributed by atoms with E-state index in [-0.39, 0.29) is 0 Å². The number of nitrogens with one attached hydrogen (secondary N) is 1. The van der Waals surface area contributed by atoms with Gasteiger partial charge >= 0.3 is 0 Å². The van der Waals surface area contributed by atoms with Crippen molar-refractivity contribution in [2.75, 3.05) is 5.32 Å². The Hall–Kier alpha value is -2.54. The predicted molar refractivity (Wildman–Crippen MR) is 89.4 cm³/mol. The molecule has 1 aliphatic carbocycles. The van der Waals surface area contributed by atoms with Crippen LogP contribution in [0.2, 0.25) is 0 Å². The molecule has 0 bridgehead atoms. The zero-order valence-electron chi connectivity index (χ0n) is 11.6. The zero-order chi connectivity index (χ0) is 13.8. The van der Waals surface area contributed by atoms with Gasteiger partial charge in [-0.2, -0.15) is 0 Å². The van der Waals surface area contributed by atoms with E-state index in [9.17, 15) is 0 Å². The van der Waals surface area contributed by atoms with Crippen LogP contribution in [0.3, 0.4) is 0 Å². The van der Waals surface area contributed by atoms with Crippen molar-refractivity contribution in [3.63, 3.8) is 0 Å². The Kier molecular flexibility index (Phi) is 2.12. The lowest BCUT2D eigenvalue weighted by Gasteiger charge is -2.21. The molecule has 0 saturated carbocycles. The molecule has 0 fully saturated rings. The van der Waals surface area contributed by atoms with E-state index in [1.165, 1.54) is 38.7 Å². The molecule has 0 spiro atoms. The SMILES string of the molecule is C1=C2c3c(ccc4ccccc34)NC2Cc2ccccc21. The van der Waals surface area contributed by atoms with Crippen molar-refractivity contribution < 1.29 is 0 Å². The van der Waals surface area contributed by atoms with Crippen LogP contribution < -0.4 is 5.32 Å². The van der Waals surface area contributed by atoms with E-state index in [2.05, 4.69) is 72.1 Å². The molecule has 5 rings (SSSR count). The normalized spacial score (nSPS) is 18.5. The van der Waals surface area contributed by atoms with Crippen LogP contribution in [0.25, 0.3) is 22.4 Å². The van der Waals surface area contributed by atoms with Crippen molar-refractivity contribution in [1.29, 1.82) is 0 Å². The fourth-order valence-corrected chi connectivity index (χ4v) is 3.72. The minimum atomic E-state index is 0.417. The Morgan fingerprint density at radius 1 is 0.857 bits per heavy atom. The van der Waals surface area contributed by atoms with Crippen molar-refractivity contribution >= 4 is 28.1 Å². The summed E-state index contributed by atoms with van der Waals surface area (Å²) in [6.07, 6.45) is 3.44. The van der Waals surface area contributed by atoms with Gasteiger partial charge in [0.1, 0.15) is 0 Å². The molecular weight excluding hydrogens is 254 g/mol. The van der Waals surface area contributed by atoms with Crippen molar-refractivity contribution in [2.45, 2.75) is 12.5 Å². The molecule has 21 heavy (non-hydrogen) atoms. The molecule has 3 aromatic carbocycles. The lowest BCUT2D eigenvalue weighted by Crippen LogP contribution is -2.20. The van der Waals surface area contributed by atoms with Crippen LogP contribution in [-0.2, 0) is 6.42 Å². The second kappa shape index (κ2) is 3.98. The Morgan fingerprint density at radius 2 is 1.71 bits per heavy atom. The van der Waals surface area contributed by atoms with Crippen LogP contribution in [-0.4, -0.2) is 6.04 Å². The molecule has 100 valence electrons. The van der Waals surface area contributed by atoms with Crippen molar-refractivity contribution in [3.05, 3.63) is 77.4 Å². The predicted octanol–water partition coefficient (Wildman–Crippen LogP) is 4.73. The maximum atomic E-state index is 3.70. The highest BCUT2D eigenvalue weighted by Gasteiger charge is 2.30. The maximum absolute atomic E-state index is 3.70. The van der Waals surface area contributed by atoms with E-state index in [4.69, 9.17) is 0 Å². The van der Waals surface area contributed by atoms with Crippen LogP contribution >= 0.6 is 0 Å². The summed E-state index contributed by atoms with van der Waals surface area (Å²) in [5, 5.41) is 6.38. The Labute approximate surface area is 123 Å². The van der Waals surface area contributed by atoms with Crippen molar-refractivity contribution in [3.8, 4) is 0 Å². The molecule has 3 aromatic rings. The topological polar surface area (TPSA) is 12.0 Å². The van der Waals surface area contributed by atoms with E-state index < -0.39 is 0 Å². The summed E-state index contributed by atoms with van der Waals surface area (Å²) in [4.78, 5) is 0. The standard InChI is InChI=1S/C20H15N/c1-2-7-15-12-19-17(11-14(15)6-1)20-16-8-4-3-5-13(16)9-10-18(20)21-19/h1-11,19,21H,12H2. The second-order valence-electron chi connectivity index (χ2n) is 5.91. The van der Waals surface area contributed by atoms with Crippen LogP contribution in [0.1, 0.15) is 16.7 Å². The Balaban J connectivity index is 1.81. The molecular formula is C20H15N. The summed E-state index contributed by atoms with van der Waals surface area (Å²) in [6, 6.07) is 22.3. The molecule has 1 unspecified atom stereocenters. The van der Waals surface area contributed by atoms with Crippen LogP contribution in [0.5, 0.6) is 0 Å². The molecule has 0 amide bonds. The van der Waals surface area contributed by atoms with E-state index in [0.29, 0.717) is 6.04 Å². The number of anilines is 1. The molecule has 2 aliphatic rings. The Bertz CT molecular complexity index is 905. The third-order valence-corrected chi connectivity index (χ3v) is 4.71. The lowest BCUT2D eigenvalue weighted by molar-refractivity contribution is 0.894. The highest BCUT2D eigenvalue weighted by molar-refractivity contribution is 6.08. The first-order chi connectivity index (χ1) is 10.4. The van der Waals surface area contributed by atoms with Gasteiger partial charge in [0.05, 0.1) is 6.04 Å². The fraction of sp³-hybridized carbons (Fsp3) is 0.100. The van der Waals surface area contributed by atoms with E-state index >= 15 is 0 Å². The first-order valence-corrected chi connectivity index (χ1v) is 7.48. The van der Waals surface area contributed by atoms with Gasteiger partial charge in [0.15, 0.2) is 0 Å². The van der Waals surface area contributed by atoms with Gasteiger partial charge < -0.3 is 5.32 Å². The molecule has 0 radical (unpaired) electrons. The van der Waals surface area contributed by atoms with Crippen molar-refractivity contribution in [1.82, 2.24) is 0 Å². The summed E-state index contributed by atoms with van der Waals surface area (Å²) in [7, 11) is 0. The van der Waals surface area contributed by atoms with Crippen LogP contribution in [0.15, 0.2) is 60.7 Å². The molecule has 1 N–H and O–H groups in total. The molecule has 0 aromatic heterocycles. The van der Waals surface area contributed by atoms with Crippen molar-refractivity contribution in [2.24, 2.45) is 0 Å². The van der Waals surface area contributed by atoms with Gasteiger partial charge in [0, 0.05) is 11.3 Å². The third kappa shape index (κ3) is 1.52. The number of rotatable bonds is 0. The zero-order valence-corrected chi connectivity index (χ0v) is 11.6. The van der Waals surface area contributed by atoms with Gasteiger partial charge in [-0.3, -0.25) is 0 Å². The minimum absolute atomic E-state index is 0.417.